The van der Waals surface area contributed by atoms with E-state index in [0.29, 0.717) is 0 Å². The van der Waals surface area contributed by atoms with Crippen LogP contribution in [0.3, 0.4) is 0 Å². The molecule has 12 aromatic rings. The molecule has 0 N–H and O–H groups in total. The van der Waals surface area contributed by atoms with Crippen molar-refractivity contribution in [1.29, 1.82) is 0 Å². The van der Waals surface area contributed by atoms with Crippen molar-refractivity contribution in [2.45, 2.75) is 5.41 Å². The third-order valence-corrected chi connectivity index (χ3v) is 14.7. The maximum Gasteiger partial charge on any atom is 0.140 e. The van der Waals surface area contributed by atoms with Crippen LogP contribution in [-0.4, -0.2) is 0 Å². The first-order valence-corrected chi connectivity index (χ1v) is 24.1. The highest BCUT2D eigenvalue weighted by atomic mass is 16.3. The third-order valence-electron chi connectivity index (χ3n) is 14.7. The van der Waals surface area contributed by atoms with Gasteiger partial charge < -0.3 is 14.2 Å². The van der Waals surface area contributed by atoms with Gasteiger partial charge in [-0.15, -0.1) is 0 Å². The molecule has 70 heavy (non-hydrogen) atoms. The van der Waals surface area contributed by atoms with E-state index in [1.807, 2.05) is 0 Å². The Bertz CT molecular complexity index is 3850. The molecule has 0 radical (unpaired) electrons. The molecule has 0 saturated heterocycles. The molecule has 1 heterocycles. The van der Waals surface area contributed by atoms with E-state index in [9.17, 15) is 0 Å². The van der Waals surface area contributed by atoms with E-state index in [1.165, 1.54) is 66.4 Å². The van der Waals surface area contributed by atoms with Crippen LogP contribution >= 0.6 is 0 Å². The first kappa shape index (κ1) is 39.9. The Labute approximate surface area is 407 Å². The van der Waals surface area contributed by atoms with Crippen molar-refractivity contribution in [3.63, 3.8) is 0 Å². The summed E-state index contributed by atoms with van der Waals surface area (Å²) in [6.45, 7) is 0. The zero-order chi connectivity index (χ0) is 46.2. The Morgan fingerprint density at radius 3 is 1.51 bits per heavy atom. The van der Waals surface area contributed by atoms with Gasteiger partial charge in [-0.2, -0.15) is 0 Å². The molecule has 0 fully saturated rings. The van der Waals surface area contributed by atoms with E-state index in [1.54, 1.807) is 0 Å². The molecule has 1 spiro atoms. The molecule has 0 saturated carbocycles. The number of hydrogen-bond donors (Lipinski definition) is 0. The summed E-state index contributed by atoms with van der Waals surface area (Å²) in [7, 11) is 0. The van der Waals surface area contributed by atoms with Gasteiger partial charge >= 0.3 is 0 Å². The van der Waals surface area contributed by atoms with Gasteiger partial charge in [-0.3, -0.25) is 0 Å². The third kappa shape index (κ3) is 6.08. The van der Waals surface area contributed by atoms with Gasteiger partial charge in [-0.1, -0.05) is 194 Å². The van der Waals surface area contributed by atoms with E-state index in [0.717, 1.165) is 56.4 Å². The molecule has 11 aromatic carbocycles. The first-order chi connectivity index (χ1) is 34.7. The molecule has 0 bridgehead atoms. The van der Waals surface area contributed by atoms with Crippen LogP contribution in [0.4, 0.5) is 34.1 Å². The van der Waals surface area contributed by atoms with Crippen molar-refractivity contribution >= 4 is 55.9 Å². The zero-order valence-electron chi connectivity index (χ0n) is 38.2. The van der Waals surface area contributed by atoms with E-state index >= 15 is 0 Å². The van der Waals surface area contributed by atoms with E-state index in [4.69, 9.17) is 4.42 Å². The second-order valence-electron chi connectivity index (χ2n) is 18.4. The van der Waals surface area contributed by atoms with Crippen LogP contribution < -0.4 is 9.80 Å². The summed E-state index contributed by atoms with van der Waals surface area (Å²) in [6.07, 6.45) is 0. The Hall–Kier alpha value is -9.18. The van der Waals surface area contributed by atoms with Gasteiger partial charge in [-0.25, -0.2) is 0 Å². The molecular weight excluding hydrogens is 849 g/mol. The van der Waals surface area contributed by atoms with Crippen LogP contribution in [0.5, 0.6) is 0 Å². The van der Waals surface area contributed by atoms with Crippen molar-refractivity contribution in [1.82, 2.24) is 0 Å². The summed E-state index contributed by atoms with van der Waals surface area (Å²) in [5.74, 6) is 0.918. The average molecular weight is 893 g/mol. The molecule has 0 amide bonds. The monoisotopic (exact) mass is 892 g/mol. The lowest BCUT2D eigenvalue weighted by Crippen LogP contribution is -2.26. The predicted molar refractivity (Wildman–Crippen MR) is 290 cm³/mol. The minimum Gasteiger partial charge on any atom is -0.456 e. The molecule has 14 rings (SSSR count). The second-order valence-corrected chi connectivity index (χ2v) is 18.4. The number of anilines is 6. The maximum absolute atomic E-state index is 7.15. The van der Waals surface area contributed by atoms with Crippen LogP contribution in [0.1, 0.15) is 22.3 Å². The zero-order valence-corrected chi connectivity index (χ0v) is 38.2. The van der Waals surface area contributed by atoms with Gasteiger partial charge in [0, 0.05) is 50.3 Å². The van der Waals surface area contributed by atoms with Crippen molar-refractivity contribution in [2.75, 3.05) is 9.80 Å². The van der Waals surface area contributed by atoms with Crippen LogP contribution in [-0.2, 0) is 5.41 Å². The molecule has 1 aromatic heterocycles. The fraction of sp³-hybridized carbons (Fsp3) is 0.0149. The Balaban J connectivity index is 0.998. The van der Waals surface area contributed by atoms with Crippen molar-refractivity contribution < 1.29 is 4.42 Å². The highest BCUT2D eigenvalue weighted by molar-refractivity contribution is 6.04. The molecule has 328 valence electrons. The molecule has 1 atom stereocenters. The van der Waals surface area contributed by atoms with Crippen molar-refractivity contribution in [3.8, 4) is 44.7 Å². The molecule has 0 aliphatic heterocycles. The summed E-state index contributed by atoms with van der Waals surface area (Å²) >= 11 is 0. The van der Waals surface area contributed by atoms with Gasteiger partial charge in [0.05, 0.1) is 11.1 Å². The van der Waals surface area contributed by atoms with E-state index < -0.39 is 5.41 Å². The smallest absolute Gasteiger partial charge is 0.140 e. The quantitative estimate of drug-likeness (QED) is 0.152. The lowest BCUT2D eigenvalue weighted by Gasteiger charge is -2.32. The van der Waals surface area contributed by atoms with Crippen molar-refractivity contribution in [2.24, 2.45) is 0 Å². The lowest BCUT2D eigenvalue weighted by atomic mass is 9.70. The number of nitrogens with zero attached hydrogens (tertiary/aromatic N) is 2. The fourth-order valence-electron chi connectivity index (χ4n) is 11.6. The number of hydrogen-bond acceptors (Lipinski definition) is 3. The molecule has 3 heteroatoms. The summed E-state index contributed by atoms with van der Waals surface area (Å²) in [5, 5.41) is 3.52. The minimum atomic E-state index is -0.672. The average Bonchev–Trinajstić information content (AvgIpc) is 4.06. The molecule has 2 aliphatic carbocycles. The van der Waals surface area contributed by atoms with Gasteiger partial charge in [-0.05, 0) is 128 Å². The van der Waals surface area contributed by atoms with Crippen LogP contribution in [0, 0.1) is 0 Å². The van der Waals surface area contributed by atoms with Gasteiger partial charge in [0.25, 0.3) is 0 Å². The van der Waals surface area contributed by atoms with Gasteiger partial charge in [0.1, 0.15) is 11.3 Å². The van der Waals surface area contributed by atoms with Crippen LogP contribution in [0.25, 0.3) is 66.4 Å². The summed E-state index contributed by atoms with van der Waals surface area (Å²) in [5.41, 5.74) is 20.0. The van der Waals surface area contributed by atoms with Crippen LogP contribution in [0.2, 0.25) is 0 Å². The standard InChI is InChI=1S/C67H44N2O/c1-4-17-45(18-5-1)47-31-35-51(36-32-47)68(52-37-33-48(34-38-52)46-19-6-2-7-20-46)54-39-41-57-56-26-12-14-28-60(56)67(62(57)44-54)61-42-40-53(43-59(61)66-65(67)58-27-13-15-30-64(58)70-66)69(50-23-8-3-9-24-50)63-29-16-22-49-21-10-11-25-55(49)63/h1-44H. The predicted octanol–water partition coefficient (Wildman–Crippen LogP) is 18.2. The summed E-state index contributed by atoms with van der Waals surface area (Å²) in [4.78, 5) is 4.81. The maximum atomic E-state index is 7.15. The summed E-state index contributed by atoms with van der Waals surface area (Å²) in [6, 6.07) is 97.0. The van der Waals surface area contributed by atoms with Crippen molar-refractivity contribution in [3.05, 3.63) is 289 Å². The topological polar surface area (TPSA) is 19.6 Å². The SMILES string of the molecule is c1ccc(-c2ccc(N(c3ccc(-c4ccccc4)cc3)c3ccc4c(c3)C3(c5ccccc5-4)c4ccc(N(c5ccccc5)c5cccc6ccccc56)cc4-c4oc5ccccc5c43)cc2)cc1. The number of rotatable bonds is 8. The lowest BCUT2D eigenvalue weighted by molar-refractivity contribution is 0.628. The first-order valence-electron chi connectivity index (χ1n) is 24.1. The minimum absolute atomic E-state index is 0.672. The van der Waals surface area contributed by atoms with E-state index in [2.05, 4.69) is 277 Å². The Morgan fingerprint density at radius 1 is 0.300 bits per heavy atom. The molecule has 2 aliphatic rings. The highest BCUT2D eigenvalue weighted by Gasteiger charge is 2.54. The number of para-hydroxylation sites is 2. The summed E-state index contributed by atoms with van der Waals surface area (Å²) < 4.78 is 7.15. The number of furan rings is 1. The highest BCUT2D eigenvalue weighted by Crippen LogP contribution is 2.66. The second kappa shape index (κ2) is 16.0. The van der Waals surface area contributed by atoms with Crippen LogP contribution in [0.15, 0.2) is 271 Å². The van der Waals surface area contributed by atoms with Gasteiger partial charge in [0.15, 0.2) is 0 Å². The molecule has 1 unspecified atom stereocenters. The molecule has 3 nitrogen and oxygen atoms in total. The Kier molecular flexibility index (Phi) is 9.11. The van der Waals surface area contributed by atoms with Gasteiger partial charge in [0.2, 0.25) is 0 Å². The van der Waals surface area contributed by atoms with E-state index in [-0.39, 0.29) is 0 Å². The number of fused-ring (bicyclic) bond motifs is 13. The normalized spacial score (nSPS) is 14.1. The Morgan fingerprint density at radius 2 is 0.800 bits per heavy atom. The molecular formula is C67H44N2O. The fourth-order valence-corrected chi connectivity index (χ4v) is 11.6. The largest absolute Gasteiger partial charge is 0.456 e. The number of benzene rings is 11.